The summed E-state index contributed by atoms with van der Waals surface area (Å²) in [6.07, 6.45) is -3.58. The minimum Gasteiger partial charge on any atom is -0.491 e. The molecule has 0 atom stereocenters. The summed E-state index contributed by atoms with van der Waals surface area (Å²) < 4.78 is 52.4. The maximum Gasteiger partial charge on any atom is 0.573 e. The molecule has 1 N–H and O–H groups in total. The monoisotopic (exact) mass is 482 g/mol. The van der Waals surface area contributed by atoms with Gasteiger partial charge in [0.1, 0.15) is 23.7 Å². The third-order valence-corrected chi connectivity index (χ3v) is 4.76. The number of piperidine rings is 1. The van der Waals surface area contributed by atoms with Crippen molar-refractivity contribution in [3.05, 3.63) is 22.7 Å². The van der Waals surface area contributed by atoms with Gasteiger partial charge in [-0.25, -0.2) is 4.79 Å². The van der Waals surface area contributed by atoms with Crippen molar-refractivity contribution in [1.29, 1.82) is 0 Å². The molecule has 6 nitrogen and oxygen atoms in total. The number of likely N-dealkylation sites (tertiary alicyclic amines) is 1. The first-order valence-corrected chi connectivity index (χ1v) is 10.1. The van der Waals surface area contributed by atoms with E-state index in [9.17, 15) is 18.0 Å². The summed E-state index contributed by atoms with van der Waals surface area (Å²) in [4.78, 5) is 14.0. The second kappa shape index (κ2) is 9.88. The van der Waals surface area contributed by atoms with Gasteiger partial charge in [-0.3, -0.25) is 4.90 Å². The van der Waals surface area contributed by atoms with Gasteiger partial charge in [0.2, 0.25) is 0 Å². The molecule has 1 saturated heterocycles. The number of benzene rings is 1. The average molecular weight is 483 g/mol. The molecule has 0 saturated carbocycles. The number of carbonyl (C=O) groups excluding carboxylic acids is 1. The van der Waals surface area contributed by atoms with Gasteiger partial charge in [0, 0.05) is 31.7 Å². The molecule has 29 heavy (non-hydrogen) atoms. The molecule has 0 aliphatic carbocycles. The van der Waals surface area contributed by atoms with Crippen LogP contribution in [0, 0.1) is 0 Å². The summed E-state index contributed by atoms with van der Waals surface area (Å²) in [7, 11) is 0. The summed E-state index contributed by atoms with van der Waals surface area (Å²) in [6, 6.07) is 3.93. The third kappa shape index (κ3) is 9.12. The lowest BCUT2D eigenvalue weighted by atomic mass is 10.1. The van der Waals surface area contributed by atoms with Crippen LogP contribution in [0.4, 0.5) is 18.0 Å². The van der Waals surface area contributed by atoms with E-state index >= 15 is 0 Å². The first kappa shape index (κ1) is 23.6. The molecule has 0 spiro atoms. The highest BCUT2D eigenvalue weighted by atomic mass is 79.9. The Balaban J connectivity index is 1.73. The molecule has 1 heterocycles. The number of rotatable bonds is 6. The predicted octanol–water partition coefficient (Wildman–Crippen LogP) is 4.72. The number of alkyl carbamates (subject to hydrolysis) is 1. The second-order valence-corrected chi connectivity index (χ2v) is 8.60. The van der Waals surface area contributed by atoms with Gasteiger partial charge >= 0.3 is 12.5 Å². The Morgan fingerprint density at radius 3 is 2.48 bits per heavy atom. The number of amides is 1. The van der Waals surface area contributed by atoms with E-state index in [0.717, 1.165) is 25.9 Å². The summed E-state index contributed by atoms with van der Waals surface area (Å²) in [6.45, 7) is 7.95. The summed E-state index contributed by atoms with van der Waals surface area (Å²) in [5.74, 6) is -0.0436. The van der Waals surface area contributed by atoms with E-state index in [0.29, 0.717) is 17.6 Å². The van der Waals surface area contributed by atoms with Crippen molar-refractivity contribution in [3.8, 4) is 11.5 Å². The van der Waals surface area contributed by atoms with Crippen LogP contribution < -0.4 is 14.8 Å². The first-order valence-electron chi connectivity index (χ1n) is 9.31. The van der Waals surface area contributed by atoms with E-state index in [1.165, 1.54) is 18.2 Å². The lowest BCUT2D eigenvalue weighted by molar-refractivity contribution is -0.274. The van der Waals surface area contributed by atoms with Crippen molar-refractivity contribution in [3.63, 3.8) is 0 Å². The molecule has 0 radical (unpaired) electrons. The van der Waals surface area contributed by atoms with E-state index in [4.69, 9.17) is 9.47 Å². The minimum atomic E-state index is -4.75. The number of nitrogens with one attached hydrogen (secondary N) is 1. The van der Waals surface area contributed by atoms with Gasteiger partial charge in [-0.15, -0.1) is 13.2 Å². The Morgan fingerprint density at radius 2 is 1.90 bits per heavy atom. The zero-order chi connectivity index (χ0) is 21.7. The van der Waals surface area contributed by atoms with Crippen LogP contribution in [0.1, 0.15) is 33.6 Å². The SMILES string of the molecule is CC(C)(C)OC(=O)NC1CCN(CCOc2cc(OC(F)(F)F)ccc2Br)CC1. The normalized spacial score (nSPS) is 16.4. The molecule has 1 aromatic rings. The smallest absolute Gasteiger partial charge is 0.491 e. The van der Waals surface area contributed by atoms with E-state index in [1.54, 1.807) is 0 Å². The molecule has 10 heteroatoms. The lowest BCUT2D eigenvalue weighted by Gasteiger charge is -2.32. The largest absolute Gasteiger partial charge is 0.573 e. The maximum atomic E-state index is 12.3. The van der Waals surface area contributed by atoms with E-state index in [2.05, 4.69) is 30.9 Å². The maximum absolute atomic E-state index is 12.3. The quantitative estimate of drug-likeness (QED) is 0.635. The Kier molecular flexibility index (Phi) is 8.04. The van der Waals surface area contributed by atoms with Crippen molar-refractivity contribution in [2.75, 3.05) is 26.2 Å². The zero-order valence-electron chi connectivity index (χ0n) is 16.6. The number of ether oxygens (including phenoxy) is 3. The fourth-order valence-corrected chi connectivity index (χ4v) is 3.21. The number of nitrogens with zero attached hydrogens (tertiary/aromatic N) is 1. The molecule has 2 rings (SSSR count). The van der Waals surface area contributed by atoms with Gasteiger partial charge in [-0.2, -0.15) is 0 Å². The second-order valence-electron chi connectivity index (χ2n) is 7.75. The number of carbonyl (C=O) groups is 1. The highest BCUT2D eigenvalue weighted by Gasteiger charge is 2.31. The molecule has 164 valence electrons. The number of halogens is 4. The molecule has 1 fully saturated rings. The van der Waals surface area contributed by atoms with Gasteiger partial charge in [-0.05, 0) is 61.7 Å². The Morgan fingerprint density at radius 1 is 1.24 bits per heavy atom. The Hall–Kier alpha value is -1.68. The number of alkyl halides is 3. The fourth-order valence-electron chi connectivity index (χ4n) is 2.85. The van der Waals surface area contributed by atoms with Crippen LogP contribution in [0.5, 0.6) is 11.5 Å². The molecule has 1 amide bonds. The first-order chi connectivity index (χ1) is 13.4. The highest BCUT2D eigenvalue weighted by Crippen LogP contribution is 2.32. The molecule has 1 aromatic carbocycles. The van der Waals surface area contributed by atoms with Crippen molar-refractivity contribution >= 4 is 22.0 Å². The van der Waals surface area contributed by atoms with Crippen molar-refractivity contribution < 1.29 is 32.2 Å². The highest BCUT2D eigenvalue weighted by molar-refractivity contribution is 9.10. The molecule has 1 aliphatic rings. The minimum absolute atomic E-state index is 0.0624. The summed E-state index contributed by atoms with van der Waals surface area (Å²) in [5.41, 5.74) is -0.529. The van der Waals surface area contributed by atoms with E-state index < -0.39 is 18.1 Å². The Bertz CT molecular complexity index is 687. The zero-order valence-corrected chi connectivity index (χ0v) is 18.2. The summed E-state index contributed by atoms with van der Waals surface area (Å²) >= 11 is 3.26. The molecular formula is C19H26BrF3N2O4. The molecular weight excluding hydrogens is 457 g/mol. The van der Waals surface area contributed by atoms with Gasteiger partial charge in [-0.1, -0.05) is 0 Å². The van der Waals surface area contributed by atoms with E-state index in [-0.39, 0.29) is 17.5 Å². The van der Waals surface area contributed by atoms with Gasteiger partial charge in [0.05, 0.1) is 4.47 Å². The van der Waals surface area contributed by atoms with Crippen LogP contribution in [0.2, 0.25) is 0 Å². The van der Waals surface area contributed by atoms with E-state index in [1.807, 2.05) is 20.8 Å². The summed E-state index contributed by atoms with van der Waals surface area (Å²) in [5, 5.41) is 2.88. The van der Waals surface area contributed by atoms with Crippen LogP contribution in [0.25, 0.3) is 0 Å². The van der Waals surface area contributed by atoms with Crippen molar-refractivity contribution in [2.24, 2.45) is 0 Å². The van der Waals surface area contributed by atoms with Gasteiger partial charge in [0.25, 0.3) is 0 Å². The van der Waals surface area contributed by atoms with Crippen LogP contribution in [0.3, 0.4) is 0 Å². The number of hydrogen-bond acceptors (Lipinski definition) is 5. The average Bonchev–Trinajstić information content (AvgIpc) is 2.56. The van der Waals surface area contributed by atoms with Gasteiger partial charge in [0.15, 0.2) is 0 Å². The fraction of sp³-hybridized carbons (Fsp3) is 0.632. The molecule has 0 bridgehead atoms. The van der Waals surface area contributed by atoms with Crippen molar-refractivity contribution in [2.45, 2.75) is 51.6 Å². The van der Waals surface area contributed by atoms with Crippen LogP contribution >= 0.6 is 15.9 Å². The molecule has 1 aliphatic heterocycles. The van der Waals surface area contributed by atoms with Crippen molar-refractivity contribution in [1.82, 2.24) is 10.2 Å². The topological polar surface area (TPSA) is 60.0 Å². The third-order valence-electron chi connectivity index (χ3n) is 4.11. The molecule has 0 unspecified atom stereocenters. The van der Waals surface area contributed by atoms with Crippen LogP contribution in [-0.2, 0) is 4.74 Å². The van der Waals surface area contributed by atoms with Crippen LogP contribution in [-0.4, -0.2) is 55.2 Å². The standard InChI is InChI=1S/C19H26BrF3N2O4/c1-18(2,3)29-17(26)24-13-6-8-25(9-7-13)10-11-27-16-12-14(4-5-15(16)20)28-19(21,22)23/h4-5,12-13H,6-11H2,1-3H3,(H,24,26). The predicted molar refractivity (Wildman–Crippen MR) is 105 cm³/mol. The lowest BCUT2D eigenvalue weighted by Crippen LogP contribution is -2.46. The Labute approximate surface area is 176 Å². The van der Waals surface area contributed by atoms with Crippen LogP contribution in [0.15, 0.2) is 22.7 Å². The van der Waals surface area contributed by atoms with Gasteiger partial charge < -0.3 is 19.5 Å². The number of hydrogen-bond donors (Lipinski definition) is 1. The molecule has 0 aromatic heterocycles.